The molecule has 0 atom stereocenters. The van der Waals surface area contributed by atoms with Crippen LogP contribution >= 0.6 is 0 Å². The molecule has 9 nitrogen and oxygen atoms in total. The fourth-order valence-corrected chi connectivity index (χ4v) is 3.69. The second-order valence-corrected chi connectivity index (χ2v) is 7.70. The van der Waals surface area contributed by atoms with Gasteiger partial charge in [0.25, 0.3) is 0 Å². The Morgan fingerprint density at radius 2 is 1.48 bits per heavy atom. The van der Waals surface area contributed by atoms with Crippen molar-refractivity contribution >= 4 is 34.8 Å². The summed E-state index contributed by atoms with van der Waals surface area (Å²) in [4.78, 5) is 37.1. The van der Waals surface area contributed by atoms with Gasteiger partial charge >= 0.3 is 12.1 Å². The number of carbonyl (C=O) groups is 2. The van der Waals surface area contributed by atoms with Crippen molar-refractivity contribution in [2.24, 2.45) is 0 Å². The van der Waals surface area contributed by atoms with Gasteiger partial charge in [-0.25, -0.2) is 19.6 Å². The van der Waals surface area contributed by atoms with Crippen molar-refractivity contribution in [1.82, 2.24) is 20.2 Å². The van der Waals surface area contributed by atoms with Gasteiger partial charge in [-0.2, -0.15) is 0 Å². The highest BCUT2D eigenvalue weighted by molar-refractivity contribution is 6.07. The van der Waals surface area contributed by atoms with Crippen LogP contribution in [0.1, 0.15) is 12.8 Å². The molecule has 9 heteroatoms. The first-order valence-electron chi connectivity index (χ1n) is 11.0. The van der Waals surface area contributed by atoms with Crippen LogP contribution in [0.3, 0.4) is 0 Å². The molecule has 3 aromatic rings. The summed E-state index contributed by atoms with van der Waals surface area (Å²) in [6, 6.07) is 15.6. The van der Waals surface area contributed by atoms with E-state index < -0.39 is 0 Å². The molecule has 170 valence electrons. The Morgan fingerprint density at radius 3 is 2.15 bits per heavy atom. The molecule has 0 unspecified atom stereocenters. The standard InChI is InChI=1S/C24H27N7O2/c32-23(27-12-15-30-13-4-5-14-30)28-19-8-10-20(11-9-19)29-24(33)31(21-6-2-1-3-7-21)22-16-25-18-26-17-22/h1-3,6-11,16-18H,4-5,12-15H2,(H,29,33)(H2,27,28,32). The van der Waals surface area contributed by atoms with Gasteiger partial charge in [0.15, 0.2) is 0 Å². The van der Waals surface area contributed by atoms with Crippen LogP contribution in [-0.2, 0) is 0 Å². The minimum atomic E-state index is -0.351. The Kier molecular flexibility index (Phi) is 7.44. The van der Waals surface area contributed by atoms with Gasteiger partial charge < -0.3 is 20.9 Å². The Morgan fingerprint density at radius 1 is 0.848 bits per heavy atom. The highest BCUT2D eigenvalue weighted by atomic mass is 16.2. The summed E-state index contributed by atoms with van der Waals surface area (Å²) >= 11 is 0. The Hall–Kier alpha value is -3.98. The lowest BCUT2D eigenvalue weighted by atomic mass is 10.2. The molecule has 33 heavy (non-hydrogen) atoms. The van der Waals surface area contributed by atoms with Crippen LogP contribution in [0.5, 0.6) is 0 Å². The molecule has 0 aliphatic carbocycles. The highest BCUT2D eigenvalue weighted by Gasteiger charge is 2.19. The molecule has 4 rings (SSSR count). The third-order valence-corrected chi connectivity index (χ3v) is 5.33. The van der Waals surface area contributed by atoms with Gasteiger partial charge in [0.1, 0.15) is 6.33 Å². The maximum Gasteiger partial charge on any atom is 0.331 e. The van der Waals surface area contributed by atoms with Crippen LogP contribution in [0.2, 0.25) is 0 Å². The normalized spacial score (nSPS) is 13.3. The Balaban J connectivity index is 1.34. The predicted octanol–water partition coefficient (Wildman–Crippen LogP) is 4.06. The molecule has 0 saturated carbocycles. The van der Waals surface area contributed by atoms with Crippen molar-refractivity contribution < 1.29 is 9.59 Å². The largest absolute Gasteiger partial charge is 0.337 e. The van der Waals surface area contributed by atoms with E-state index in [0.29, 0.717) is 29.3 Å². The first kappa shape index (κ1) is 22.2. The fourth-order valence-electron chi connectivity index (χ4n) is 3.69. The van der Waals surface area contributed by atoms with E-state index in [0.717, 1.165) is 19.6 Å². The third kappa shape index (κ3) is 6.27. The summed E-state index contributed by atoms with van der Waals surface area (Å²) in [6.45, 7) is 3.69. The maximum absolute atomic E-state index is 13.1. The quantitative estimate of drug-likeness (QED) is 0.509. The zero-order valence-electron chi connectivity index (χ0n) is 18.3. The van der Waals surface area contributed by atoms with Crippen molar-refractivity contribution in [3.8, 4) is 0 Å². The number of rotatable bonds is 7. The van der Waals surface area contributed by atoms with Gasteiger partial charge in [-0.1, -0.05) is 18.2 Å². The third-order valence-electron chi connectivity index (χ3n) is 5.33. The number of hydrogen-bond donors (Lipinski definition) is 3. The lowest BCUT2D eigenvalue weighted by molar-refractivity contribution is 0.249. The van der Waals surface area contributed by atoms with Crippen LogP contribution in [0.4, 0.5) is 32.3 Å². The van der Waals surface area contributed by atoms with Gasteiger partial charge in [-0.3, -0.25) is 4.90 Å². The fraction of sp³-hybridized carbons (Fsp3) is 0.250. The van der Waals surface area contributed by atoms with Gasteiger partial charge in [-0.15, -0.1) is 0 Å². The highest BCUT2D eigenvalue weighted by Crippen LogP contribution is 2.25. The van der Waals surface area contributed by atoms with Crippen LogP contribution in [0.15, 0.2) is 73.3 Å². The molecule has 1 aliphatic heterocycles. The molecular weight excluding hydrogens is 418 g/mol. The first-order valence-corrected chi connectivity index (χ1v) is 11.0. The van der Waals surface area contributed by atoms with E-state index in [1.165, 1.54) is 24.1 Å². The molecule has 4 amide bonds. The average molecular weight is 446 g/mol. The lowest BCUT2D eigenvalue weighted by Gasteiger charge is -2.22. The number of urea groups is 2. The number of para-hydroxylation sites is 1. The van der Waals surface area contributed by atoms with Gasteiger partial charge in [0.05, 0.1) is 23.8 Å². The van der Waals surface area contributed by atoms with Crippen LogP contribution in [0.25, 0.3) is 0 Å². The Labute approximate surface area is 192 Å². The number of likely N-dealkylation sites (tertiary alicyclic amines) is 1. The van der Waals surface area contributed by atoms with E-state index in [4.69, 9.17) is 0 Å². The number of carbonyl (C=O) groups excluding carboxylic acids is 2. The van der Waals surface area contributed by atoms with Crippen LogP contribution in [0, 0.1) is 0 Å². The molecule has 2 aromatic carbocycles. The van der Waals surface area contributed by atoms with Crippen LogP contribution in [-0.4, -0.2) is 53.1 Å². The van der Waals surface area contributed by atoms with Gasteiger partial charge in [-0.05, 0) is 62.3 Å². The van der Waals surface area contributed by atoms with E-state index in [2.05, 4.69) is 30.8 Å². The second kappa shape index (κ2) is 11.1. The topological polar surface area (TPSA) is 102 Å². The smallest absolute Gasteiger partial charge is 0.331 e. The summed E-state index contributed by atoms with van der Waals surface area (Å²) in [5.41, 5.74) is 2.47. The van der Waals surface area contributed by atoms with Gasteiger partial charge in [0, 0.05) is 24.5 Å². The summed E-state index contributed by atoms with van der Waals surface area (Å²) in [6.07, 6.45) is 7.04. The van der Waals surface area contributed by atoms with Crippen LogP contribution < -0.4 is 20.9 Å². The maximum atomic E-state index is 13.1. The van der Waals surface area contributed by atoms with Crippen molar-refractivity contribution in [2.75, 3.05) is 41.7 Å². The summed E-state index contributed by atoms with van der Waals surface area (Å²) in [5, 5.41) is 8.57. The molecule has 1 aromatic heterocycles. The molecule has 1 aliphatic rings. The number of benzene rings is 2. The number of anilines is 4. The minimum Gasteiger partial charge on any atom is -0.337 e. The number of amides is 4. The van der Waals surface area contributed by atoms with Crippen molar-refractivity contribution in [1.29, 1.82) is 0 Å². The van der Waals surface area contributed by atoms with E-state index in [-0.39, 0.29) is 12.1 Å². The molecular formula is C24H27N7O2. The van der Waals surface area contributed by atoms with E-state index >= 15 is 0 Å². The zero-order valence-corrected chi connectivity index (χ0v) is 18.3. The average Bonchev–Trinajstić information content (AvgIpc) is 3.35. The van der Waals surface area contributed by atoms with E-state index in [1.807, 2.05) is 30.3 Å². The molecule has 0 spiro atoms. The summed E-state index contributed by atoms with van der Waals surface area (Å²) in [5.74, 6) is 0. The van der Waals surface area contributed by atoms with E-state index in [1.54, 1.807) is 36.7 Å². The number of aromatic nitrogens is 2. The van der Waals surface area contributed by atoms with Crippen molar-refractivity contribution in [3.05, 3.63) is 73.3 Å². The molecule has 0 radical (unpaired) electrons. The lowest BCUT2D eigenvalue weighted by Crippen LogP contribution is -2.35. The predicted molar refractivity (Wildman–Crippen MR) is 129 cm³/mol. The number of nitrogens with one attached hydrogen (secondary N) is 3. The molecule has 3 N–H and O–H groups in total. The molecule has 1 saturated heterocycles. The minimum absolute atomic E-state index is 0.245. The van der Waals surface area contributed by atoms with E-state index in [9.17, 15) is 9.59 Å². The molecule has 2 heterocycles. The van der Waals surface area contributed by atoms with Crippen molar-refractivity contribution in [3.63, 3.8) is 0 Å². The second-order valence-electron chi connectivity index (χ2n) is 7.70. The molecule has 0 bridgehead atoms. The zero-order chi connectivity index (χ0) is 22.9. The molecule has 1 fully saturated rings. The Bertz CT molecular complexity index is 1000. The number of hydrogen-bond acceptors (Lipinski definition) is 5. The summed E-state index contributed by atoms with van der Waals surface area (Å²) < 4.78 is 0. The monoisotopic (exact) mass is 445 g/mol. The van der Waals surface area contributed by atoms with Gasteiger partial charge in [0.2, 0.25) is 0 Å². The summed E-state index contributed by atoms with van der Waals surface area (Å²) in [7, 11) is 0. The van der Waals surface area contributed by atoms with Crippen molar-refractivity contribution in [2.45, 2.75) is 12.8 Å². The number of nitrogens with zero attached hydrogens (tertiary/aromatic N) is 4. The SMILES string of the molecule is O=C(NCCN1CCCC1)Nc1ccc(NC(=O)N(c2ccccc2)c2cncnc2)cc1. The first-order chi connectivity index (χ1) is 16.2.